The molecule has 1 aliphatic carbocycles. The summed E-state index contributed by atoms with van der Waals surface area (Å²) >= 11 is 0. The van der Waals surface area contributed by atoms with E-state index < -0.39 is 0 Å². The van der Waals surface area contributed by atoms with Gasteiger partial charge in [-0.15, -0.1) is 0 Å². The molecule has 0 saturated heterocycles. The Balaban J connectivity index is 1.01. The molecule has 55 heavy (non-hydrogen) atoms. The third kappa shape index (κ3) is 4.81. The molecule has 0 N–H and O–H groups in total. The van der Waals surface area contributed by atoms with Crippen LogP contribution in [0.5, 0.6) is 0 Å². The number of para-hydroxylation sites is 3. The van der Waals surface area contributed by atoms with Gasteiger partial charge >= 0.3 is 0 Å². The van der Waals surface area contributed by atoms with Crippen molar-refractivity contribution in [2.24, 2.45) is 0 Å². The molecule has 1 aliphatic rings. The van der Waals surface area contributed by atoms with Gasteiger partial charge in [0.1, 0.15) is 0 Å². The highest BCUT2D eigenvalue weighted by Crippen LogP contribution is 2.49. The molecule has 11 rings (SSSR count). The number of anilines is 3. The quantitative estimate of drug-likeness (QED) is 0.124. The van der Waals surface area contributed by atoms with Crippen molar-refractivity contribution in [3.63, 3.8) is 0 Å². The molecular weight excluding hydrogens is 665 g/mol. The van der Waals surface area contributed by atoms with E-state index in [9.17, 15) is 0 Å². The molecule has 0 saturated carbocycles. The van der Waals surface area contributed by atoms with Crippen molar-refractivity contribution in [2.75, 3.05) is 4.90 Å². The Morgan fingerprint density at radius 3 is 1.82 bits per heavy atom. The molecule has 1 heterocycles. The highest BCUT2D eigenvalue weighted by atomic mass is 15.1. The highest BCUT2D eigenvalue weighted by molar-refractivity contribution is 6.15. The fraction of sp³-hybridized carbons (Fsp3) is 0.0566. The normalized spacial score (nSPS) is 13.3. The van der Waals surface area contributed by atoms with E-state index in [1.54, 1.807) is 0 Å². The SMILES string of the molecule is CC1(C)c2cccc3ccc4cc(C=Cc5ccc(N(c6ccccc6)c6ccc(-n7c8ccccc8c8ccccc87)cc6)c6ccccc56)cc1c4c23. The van der Waals surface area contributed by atoms with Gasteiger partial charge in [0.15, 0.2) is 0 Å². The van der Waals surface area contributed by atoms with Gasteiger partial charge in [-0.1, -0.05) is 147 Å². The minimum absolute atomic E-state index is 0.0395. The minimum Gasteiger partial charge on any atom is -0.310 e. The Hall–Kier alpha value is -6.90. The Labute approximate surface area is 320 Å². The van der Waals surface area contributed by atoms with Crippen molar-refractivity contribution in [1.29, 1.82) is 0 Å². The smallest absolute Gasteiger partial charge is 0.0541 e. The van der Waals surface area contributed by atoms with Gasteiger partial charge in [0, 0.05) is 38.6 Å². The van der Waals surface area contributed by atoms with Crippen LogP contribution in [0.25, 0.3) is 72.0 Å². The van der Waals surface area contributed by atoms with E-state index >= 15 is 0 Å². The van der Waals surface area contributed by atoms with E-state index in [4.69, 9.17) is 0 Å². The lowest BCUT2D eigenvalue weighted by Gasteiger charge is -2.27. The summed E-state index contributed by atoms with van der Waals surface area (Å²) in [6, 6.07) is 66.6. The third-order valence-electron chi connectivity index (χ3n) is 11.9. The molecule has 9 aromatic carbocycles. The second kappa shape index (κ2) is 12.1. The first-order valence-corrected chi connectivity index (χ1v) is 19.2. The van der Waals surface area contributed by atoms with Gasteiger partial charge < -0.3 is 9.47 Å². The molecule has 10 aromatic rings. The Morgan fingerprint density at radius 2 is 1.07 bits per heavy atom. The zero-order valence-electron chi connectivity index (χ0n) is 30.9. The van der Waals surface area contributed by atoms with Gasteiger partial charge in [0.2, 0.25) is 0 Å². The molecule has 0 aliphatic heterocycles. The number of nitrogens with zero attached hydrogens (tertiary/aromatic N) is 2. The Morgan fingerprint density at radius 1 is 0.455 bits per heavy atom. The summed E-state index contributed by atoms with van der Waals surface area (Å²) in [5.74, 6) is 0. The van der Waals surface area contributed by atoms with Crippen LogP contribution in [0, 0.1) is 0 Å². The van der Waals surface area contributed by atoms with Crippen molar-refractivity contribution in [3.8, 4) is 5.69 Å². The van der Waals surface area contributed by atoms with Gasteiger partial charge in [0.25, 0.3) is 0 Å². The van der Waals surface area contributed by atoms with E-state index in [1.165, 1.54) is 76.4 Å². The van der Waals surface area contributed by atoms with Crippen LogP contribution in [0.1, 0.15) is 36.1 Å². The van der Waals surface area contributed by atoms with E-state index in [1.807, 2.05) is 0 Å². The van der Waals surface area contributed by atoms with Gasteiger partial charge in [0.05, 0.1) is 16.7 Å². The summed E-state index contributed by atoms with van der Waals surface area (Å²) in [5.41, 5.74) is 12.2. The zero-order chi connectivity index (χ0) is 36.7. The van der Waals surface area contributed by atoms with Crippen molar-refractivity contribution >= 4 is 83.3 Å². The maximum absolute atomic E-state index is 2.41. The number of rotatable bonds is 6. The number of hydrogen-bond donors (Lipinski definition) is 0. The fourth-order valence-corrected chi connectivity index (χ4v) is 9.31. The monoisotopic (exact) mass is 702 g/mol. The zero-order valence-corrected chi connectivity index (χ0v) is 30.9. The average molecular weight is 703 g/mol. The molecule has 0 spiro atoms. The van der Waals surface area contributed by atoms with E-state index in [-0.39, 0.29) is 5.41 Å². The molecule has 260 valence electrons. The standard InChI is InChI=1S/C53H38N2/c1-53(2)46-20-12-13-37-25-26-38-33-35(34-47(53)52(38)51(37)46)23-24-36-27-32-50(43-17-7-6-16-42(36)43)54(39-14-4-3-5-15-39)40-28-30-41(31-29-40)55-48-21-10-8-18-44(48)45-19-9-11-22-49(45)55/h3-34H,1-2H3. The summed E-state index contributed by atoms with van der Waals surface area (Å²) in [4.78, 5) is 2.39. The second-order valence-electron chi connectivity index (χ2n) is 15.4. The molecule has 0 unspecified atom stereocenters. The number of aromatic nitrogens is 1. The molecule has 0 fully saturated rings. The van der Waals surface area contributed by atoms with E-state index in [0.717, 1.165) is 22.7 Å². The Bertz CT molecular complexity index is 3110. The number of benzene rings is 9. The molecule has 0 atom stereocenters. The lowest BCUT2D eigenvalue weighted by atomic mass is 9.81. The van der Waals surface area contributed by atoms with Crippen molar-refractivity contribution in [2.45, 2.75) is 19.3 Å². The molecule has 0 bridgehead atoms. The van der Waals surface area contributed by atoms with Gasteiger partial charge in [-0.3, -0.25) is 0 Å². The van der Waals surface area contributed by atoms with Gasteiger partial charge in [-0.2, -0.15) is 0 Å². The lowest BCUT2D eigenvalue weighted by molar-refractivity contribution is 0.662. The van der Waals surface area contributed by atoms with Crippen LogP contribution in [0.15, 0.2) is 182 Å². The summed E-state index contributed by atoms with van der Waals surface area (Å²) in [7, 11) is 0. The molecule has 0 amide bonds. The first kappa shape index (κ1) is 31.6. The van der Waals surface area contributed by atoms with Crippen LogP contribution >= 0.6 is 0 Å². The molecule has 2 heteroatoms. The topological polar surface area (TPSA) is 8.17 Å². The van der Waals surface area contributed by atoms with Gasteiger partial charge in [-0.05, 0) is 110 Å². The van der Waals surface area contributed by atoms with Gasteiger partial charge in [-0.25, -0.2) is 0 Å². The van der Waals surface area contributed by atoms with Crippen molar-refractivity contribution < 1.29 is 0 Å². The van der Waals surface area contributed by atoms with Crippen LogP contribution in [-0.2, 0) is 5.41 Å². The first-order valence-electron chi connectivity index (χ1n) is 19.2. The van der Waals surface area contributed by atoms with E-state index in [2.05, 4.69) is 217 Å². The maximum Gasteiger partial charge on any atom is 0.0541 e. The van der Waals surface area contributed by atoms with Crippen molar-refractivity contribution in [1.82, 2.24) is 4.57 Å². The average Bonchev–Trinajstić information content (AvgIpc) is 3.69. The van der Waals surface area contributed by atoms with Crippen LogP contribution in [-0.4, -0.2) is 4.57 Å². The van der Waals surface area contributed by atoms with Crippen LogP contribution in [0.3, 0.4) is 0 Å². The van der Waals surface area contributed by atoms with Crippen LogP contribution in [0.2, 0.25) is 0 Å². The summed E-state index contributed by atoms with van der Waals surface area (Å²) in [6.45, 7) is 4.74. The highest BCUT2D eigenvalue weighted by Gasteiger charge is 2.34. The number of hydrogen-bond acceptors (Lipinski definition) is 1. The largest absolute Gasteiger partial charge is 0.310 e. The summed E-state index contributed by atoms with van der Waals surface area (Å²) in [6.07, 6.45) is 4.59. The Kier molecular flexibility index (Phi) is 6.93. The molecule has 0 radical (unpaired) electrons. The molecular formula is C53H38N2. The minimum atomic E-state index is -0.0395. The molecule has 1 aromatic heterocycles. The van der Waals surface area contributed by atoms with E-state index in [0.29, 0.717) is 0 Å². The number of fused-ring (bicyclic) bond motifs is 4. The van der Waals surface area contributed by atoms with Crippen LogP contribution < -0.4 is 4.90 Å². The summed E-state index contributed by atoms with van der Waals surface area (Å²) < 4.78 is 2.38. The lowest BCUT2D eigenvalue weighted by Crippen LogP contribution is -2.15. The fourth-order valence-electron chi connectivity index (χ4n) is 9.31. The summed E-state index contributed by atoms with van der Waals surface area (Å²) in [5, 5.41) is 10.4. The third-order valence-corrected chi connectivity index (χ3v) is 11.9. The predicted octanol–water partition coefficient (Wildman–Crippen LogP) is 14.5. The first-order chi connectivity index (χ1) is 27.0. The molecule has 2 nitrogen and oxygen atoms in total. The second-order valence-corrected chi connectivity index (χ2v) is 15.4. The predicted molar refractivity (Wildman–Crippen MR) is 235 cm³/mol. The van der Waals surface area contributed by atoms with Crippen LogP contribution in [0.4, 0.5) is 17.1 Å². The maximum atomic E-state index is 2.41. The van der Waals surface area contributed by atoms with Crippen molar-refractivity contribution in [3.05, 3.63) is 204 Å².